The van der Waals surface area contributed by atoms with Crippen LogP contribution in [0.4, 0.5) is 5.13 Å². The van der Waals surface area contributed by atoms with Crippen LogP contribution in [0.5, 0.6) is 0 Å². The van der Waals surface area contributed by atoms with Crippen LogP contribution in [0, 0.1) is 0 Å². The lowest BCUT2D eigenvalue weighted by Gasteiger charge is -2.23. The maximum absolute atomic E-state index is 13.1. The molecule has 1 fully saturated rings. The molecule has 2 heterocycles. The summed E-state index contributed by atoms with van der Waals surface area (Å²) < 4.78 is 27.1. The van der Waals surface area contributed by atoms with Crippen molar-refractivity contribution in [3.05, 3.63) is 40.4 Å². The molecule has 0 aliphatic carbocycles. The molecule has 1 aromatic carbocycles. The van der Waals surface area contributed by atoms with Crippen LogP contribution in [-0.4, -0.2) is 67.8 Å². The number of hydrogen-bond acceptors (Lipinski definition) is 6. The lowest BCUT2D eigenvalue weighted by Crippen LogP contribution is -2.35. The highest BCUT2D eigenvalue weighted by atomic mass is 35.5. The molecule has 3 rings (SSSR count). The summed E-state index contributed by atoms with van der Waals surface area (Å²) in [6, 6.07) is 4.49. The Labute approximate surface area is 180 Å². The molecular weight excluding hydrogens is 432 g/mol. The SMILES string of the molecule is CCN(CC)S(=O)(=O)c1cc(C(=O)N2CCCN(c3nccs3)CC2)ccc1Cl. The quantitative estimate of drug-likeness (QED) is 0.667. The molecule has 0 atom stereocenters. The van der Waals surface area contributed by atoms with Gasteiger partial charge in [-0.25, -0.2) is 13.4 Å². The number of aromatic nitrogens is 1. The van der Waals surface area contributed by atoms with Gasteiger partial charge in [-0.15, -0.1) is 11.3 Å². The Balaban J connectivity index is 1.81. The van der Waals surface area contributed by atoms with Crippen LogP contribution in [-0.2, 0) is 10.0 Å². The number of anilines is 1. The van der Waals surface area contributed by atoms with Gasteiger partial charge in [0.25, 0.3) is 5.91 Å². The van der Waals surface area contributed by atoms with Crippen molar-refractivity contribution in [2.45, 2.75) is 25.2 Å². The largest absolute Gasteiger partial charge is 0.346 e. The average molecular weight is 457 g/mol. The van der Waals surface area contributed by atoms with Crippen molar-refractivity contribution in [1.82, 2.24) is 14.2 Å². The van der Waals surface area contributed by atoms with Gasteiger partial charge in [0, 0.05) is 56.4 Å². The first-order valence-corrected chi connectivity index (χ1v) is 12.3. The van der Waals surface area contributed by atoms with Crippen LogP contribution in [0.25, 0.3) is 0 Å². The number of nitrogens with zero attached hydrogens (tertiary/aromatic N) is 4. The lowest BCUT2D eigenvalue weighted by molar-refractivity contribution is 0.0767. The van der Waals surface area contributed by atoms with Gasteiger partial charge in [-0.3, -0.25) is 4.79 Å². The first-order valence-electron chi connectivity index (χ1n) is 9.61. The molecular formula is C19H25ClN4O3S2. The molecule has 10 heteroatoms. The minimum absolute atomic E-state index is 0.0204. The number of carbonyl (C=O) groups is 1. The van der Waals surface area contributed by atoms with Crippen LogP contribution >= 0.6 is 22.9 Å². The fourth-order valence-corrected chi connectivity index (χ4v) is 6.06. The summed E-state index contributed by atoms with van der Waals surface area (Å²) in [5.41, 5.74) is 0.336. The highest BCUT2D eigenvalue weighted by molar-refractivity contribution is 7.89. The van der Waals surface area contributed by atoms with Gasteiger partial charge in [0.2, 0.25) is 10.0 Å². The van der Waals surface area contributed by atoms with Crippen molar-refractivity contribution in [2.24, 2.45) is 0 Å². The third kappa shape index (κ3) is 4.74. The first kappa shape index (κ1) is 22.0. The molecule has 0 N–H and O–H groups in total. The van der Waals surface area contributed by atoms with Gasteiger partial charge in [0.1, 0.15) is 4.90 Å². The van der Waals surface area contributed by atoms with Crippen LogP contribution in [0.15, 0.2) is 34.7 Å². The van der Waals surface area contributed by atoms with Gasteiger partial charge in [0.15, 0.2) is 5.13 Å². The van der Waals surface area contributed by atoms with Gasteiger partial charge in [-0.1, -0.05) is 25.4 Å². The number of hydrogen-bond donors (Lipinski definition) is 0. The zero-order chi connectivity index (χ0) is 21.0. The van der Waals surface area contributed by atoms with Crippen molar-refractivity contribution >= 4 is 44.0 Å². The lowest BCUT2D eigenvalue weighted by atomic mass is 10.2. The van der Waals surface area contributed by atoms with Crippen LogP contribution < -0.4 is 4.90 Å². The predicted octanol–water partition coefficient (Wildman–Crippen LogP) is 3.18. The smallest absolute Gasteiger partial charge is 0.253 e. The molecule has 1 amide bonds. The standard InChI is InChI=1S/C19H25ClN4O3S2/c1-3-24(4-2)29(26,27)17-14-15(6-7-16(17)20)18(25)22-9-5-10-23(12-11-22)19-21-8-13-28-19/h6-8,13-14H,3-5,9-12H2,1-2H3. The number of halogens is 1. The molecule has 1 saturated heterocycles. The number of amides is 1. The third-order valence-electron chi connectivity index (χ3n) is 4.97. The monoisotopic (exact) mass is 456 g/mol. The molecule has 1 aliphatic heterocycles. The Bertz CT molecular complexity index is 946. The zero-order valence-corrected chi connectivity index (χ0v) is 18.9. The highest BCUT2D eigenvalue weighted by Gasteiger charge is 2.27. The van der Waals surface area contributed by atoms with Gasteiger partial charge in [-0.2, -0.15) is 4.31 Å². The van der Waals surface area contributed by atoms with Crippen LogP contribution in [0.2, 0.25) is 5.02 Å². The van der Waals surface area contributed by atoms with Crippen LogP contribution in [0.3, 0.4) is 0 Å². The second-order valence-corrected chi connectivity index (χ2v) is 9.87. The summed E-state index contributed by atoms with van der Waals surface area (Å²) in [5, 5.41) is 3.02. The molecule has 29 heavy (non-hydrogen) atoms. The van der Waals surface area contributed by atoms with E-state index in [1.54, 1.807) is 42.3 Å². The molecule has 7 nitrogen and oxygen atoms in total. The van der Waals surface area contributed by atoms with Gasteiger partial charge >= 0.3 is 0 Å². The molecule has 0 bridgehead atoms. The minimum atomic E-state index is -3.75. The predicted molar refractivity (Wildman–Crippen MR) is 116 cm³/mol. The van der Waals surface area contributed by atoms with Crippen molar-refractivity contribution in [2.75, 3.05) is 44.2 Å². The van der Waals surface area contributed by atoms with E-state index in [1.165, 1.54) is 16.4 Å². The number of rotatable bonds is 6. The Hall–Kier alpha value is -1.68. The third-order valence-corrected chi connectivity index (χ3v) is 8.34. The second kappa shape index (κ2) is 9.42. The van der Waals surface area contributed by atoms with E-state index in [9.17, 15) is 13.2 Å². The van der Waals surface area contributed by atoms with Crippen molar-refractivity contribution in [3.8, 4) is 0 Å². The second-order valence-electron chi connectivity index (χ2n) is 6.68. The fourth-order valence-electron chi connectivity index (χ4n) is 3.40. The minimum Gasteiger partial charge on any atom is -0.346 e. The molecule has 0 spiro atoms. The summed E-state index contributed by atoms with van der Waals surface area (Å²) in [6.07, 6.45) is 2.60. The van der Waals surface area contributed by atoms with Crippen LogP contribution in [0.1, 0.15) is 30.6 Å². The van der Waals surface area contributed by atoms with Crippen molar-refractivity contribution in [3.63, 3.8) is 0 Å². The van der Waals surface area contributed by atoms with E-state index in [1.807, 2.05) is 5.38 Å². The highest BCUT2D eigenvalue weighted by Crippen LogP contribution is 2.27. The molecule has 0 saturated carbocycles. The van der Waals surface area contributed by atoms with Crippen molar-refractivity contribution < 1.29 is 13.2 Å². The topological polar surface area (TPSA) is 73.8 Å². The molecule has 0 radical (unpaired) electrons. The van der Waals surface area contributed by atoms with Crippen molar-refractivity contribution in [1.29, 1.82) is 0 Å². The zero-order valence-electron chi connectivity index (χ0n) is 16.5. The first-order chi connectivity index (χ1) is 13.9. The van der Waals surface area contributed by atoms with E-state index < -0.39 is 10.0 Å². The Morgan fingerprint density at radius 1 is 1.21 bits per heavy atom. The van der Waals surface area contributed by atoms with E-state index in [4.69, 9.17) is 11.6 Å². The van der Waals surface area contributed by atoms with E-state index in [0.29, 0.717) is 38.3 Å². The molecule has 1 aliphatic rings. The van der Waals surface area contributed by atoms with Gasteiger partial charge < -0.3 is 9.80 Å². The van der Waals surface area contributed by atoms with E-state index in [0.717, 1.165) is 18.1 Å². The van der Waals surface area contributed by atoms with E-state index >= 15 is 0 Å². The number of benzene rings is 1. The average Bonchev–Trinajstić information content (AvgIpc) is 3.13. The summed E-state index contributed by atoms with van der Waals surface area (Å²) in [6.45, 7) is 6.92. The maximum atomic E-state index is 13.1. The summed E-state index contributed by atoms with van der Waals surface area (Å²) in [7, 11) is -3.75. The summed E-state index contributed by atoms with van der Waals surface area (Å²) in [5.74, 6) is -0.182. The molecule has 0 unspecified atom stereocenters. The van der Waals surface area contributed by atoms with E-state index in [-0.39, 0.29) is 15.8 Å². The fraction of sp³-hybridized carbons (Fsp3) is 0.474. The Morgan fingerprint density at radius 2 is 1.97 bits per heavy atom. The Morgan fingerprint density at radius 3 is 2.62 bits per heavy atom. The number of carbonyl (C=O) groups excluding carboxylic acids is 1. The number of sulfonamides is 1. The number of thiazole rings is 1. The normalized spacial score (nSPS) is 15.6. The molecule has 1 aromatic heterocycles. The summed E-state index contributed by atoms with van der Waals surface area (Å²) >= 11 is 7.77. The van der Waals surface area contributed by atoms with Gasteiger partial charge in [-0.05, 0) is 24.6 Å². The van der Waals surface area contributed by atoms with E-state index in [2.05, 4.69) is 9.88 Å². The Kier molecular flexibility index (Phi) is 7.15. The molecule has 158 valence electrons. The maximum Gasteiger partial charge on any atom is 0.253 e. The molecule has 2 aromatic rings. The summed E-state index contributed by atoms with van der Waals surface area (Å²) in [4.78, 5) is 21.4. The van der Waals surface area contributed by atoms with Gasteiger partial charge in [0.05, 0.1) is 5.02 Å².